The Hall–Kier alpha value is 0.0300. The smallest absolute Gasteiger partial charge is 0.396 e. The summed E-state index contributed by atoms with van der Waals surface area (Å²) in [5.41, 5.74) is 0. The number of aliphatic hydroxyl groups is 2. The lowest BCUT2D eigenvalue weighted by atomic mass is 10.1. The average molecular weight is 401 g/mol. The fraction of sp³-hybridized carbons (Fsp3) is 1.00. The Morgan fingerprint density at radius 1 is 0.808 bits per heavy atom. The van der Waals surface area contributed by atoms with Crippen molar-refractivity contribution in [2.45, 2.75) is 111 Å². The van der Waals surface area contributed by atoms with Crippen molar-refractivity contribution < 1.29 is 29.1 Å². The summed E-state index contributed by atoms with van der Waals surface area (Å²) in [5, 5.41) is 16.2. The largest absolute Gasteiger partial charge is 0.469 e. The molecule has 0 bridgehead atoms. The van der Waals surface area contributed by atoms with E-state index < -0.39 is 7.82 Å². The second-order valence-corrected chi connectivity index (χ2v) is 7.73. The molecule has 0 fully saturated rings. The highest BCUT2D eigenvalue weighted by atomic mass is 31.2. The topological polar surface area (TPSA) is 107 Å². The van der Waals surface area contributed by atoms with Crippen molar-refractivity contribution in [1.29, 1.82) is 0 Å². The molecule has 0 aromatic rings. The van der Waals surface area contributed by atoms with Gasteiger partial charge in [0.15, 0.2) is 0 Å². The predicted octanol–water partition coefficient (Wildman–Crippen LogP) is 5.18. The van der Waals surface area contributed by atoms with Gasteiger partial charge in [0.25, 0.3) is 0 Å². The van der Waals surface area contributed by atoms with Gasteiger partial charge in [-0.1, -0.05) is 78.6 Å². The molecular weight excluding hydrogens is 355 g/mol. The van der Waals surface area contributed by atoms with Crippen LogP contribution >= 0.6 is 7.82 Å². The van der Waals surface area contributed by atoms with Gasteiger partial charge in [0, 0.05) is 6.61 Å². The van der Waals surface area contributed by atoms with E-state index in [0.29, 0.717) is 6.61 Å². The first-order valence-corrected chi connectivity index (χ1v) is 11.8. The molecule has 0 aromatic heterocycles. The van der Waals surface area contributed by atoms with Crippen LogP contribution in [0.5, 0.6) is 0 Å². The molecule has 0 rings (SSSR count). The van der Waals surface area contributed by atoms with Gasteiger partial charge in [-0.15, -0.1) is 0 Å². The summed E-state index contributed by atoms with van der Waals surface area (Å²) in [4.78, 5) is 16.9. The van der Waals surface area contributed by atoms with Crippen LogP contribution in [0.4, 0.5) is 0 Å². The van der Waals surface area contributed by atoms with Crippen LogP contribution in [0.25, 0.3) is 0 Å². The highest BCUT2D eigenvalue weighted by Gasteiger charge is 2.12. The number of aliphatic hydroxyl groups excluding tert-OH is 2. The zero-order chi connectivity index (χ0) is 20.7. The third-order valence-electron chi connectivity index (χ3n) is 3.57. The van der Waals surface area contributed by atoms with E-state index in [1.807, 2.05) is 13.8 Å². The minimum atomic E-state index is -4.24. The van der Waals surface area contributed by atoms with Gasteiger partial charge in [-0.3, -0.25) is 4.52 Å². The summed E-state index contributed by atoms with van der Waals surface area (Å²) in [7, 11) is -4.24. The molecule has 0 saturated heterocycles. The van der Waals surface area contributed by atoms with Gasteiger partial charge >= 0.3 is 7.82 Å². The summed E-state index contributed by atoms with van der Waals surface area (Å²) in [6.07, 6.45) is 13.6. The number of rotatable bonds is 14. The summed E-state index contributed by atoms with van der Waals surface area (Å²) in [5.74, 6) is 0. The van der Waals surface area contributed by atoms with Crippen molar-refractivity contribution in [3.8, 4) is 0 Å². The first-order chi connectivity index (χ1) is 12.2. The third kappa shape index (κ3) is 43.9. The van der Waals surface area contributed by atoms with Gasteiger partial charge in [-0.05, 0) is 26.2 Å². The van der Waals surface area contributed by atoms with Crippen LogP contribution in [-0.2, 0) is 9.09 Å². The summed E-state index contributed by atoms with van der Waals surface area (Å²) in [6, 6.07) is 0. The molecule has 0 aliphatic carbocycles. The van der Waals surface area contributed by atoms with Gasteiger partial charge in [0.1, 0.15) is 0 Å². The Morgan fingerprint density at radius 2 is 1.15 bits per heavy atom. The van der Waals surface area contributed by atoms with E-state index >= 15 is 0 Å². The van der Waals surface area contributed by atoms with Crippen LogP contribution in [0.3, 0.4) is 0 Å². The molecular formula is C19H45O6P. The predicted molar refractivity (Wildman–Crippen MR) is 109 cm³/mol. The lowest BCUT2D eigenvalue weighted by Gasteiger charge is -2.05. The molecule has 0 spiro atoms. The summed E-state index contributed by atoms with van der Waals surface area (Å²) < 4.78 is 14.7. The van der Waals surface area contributed by atoms with E-state index in [4.69, 9.17) is 20.0 Å². The van der Waals surface area contributed by atoms with Crippen LogP contribution in [0.2, 0.25) is 0 Å². The van der Waals surface area contributed by atoms with Crippen molar-refractivity contribution in [3.05, 3.63) is 0 Å². The monoisotopic (exact) mass is 400 g/mol. The lowest BCUT2D eigenvalue weighted by molar-refractivity contribution is 0.190. The fourth-order valence-corrected chi connectivity index (χ4v) is 2.14. The zero-order valence-electron chi connectivity index (χ0n) is 17.5. The number of phosphoric ester groups is 1. The van der Waals surface area contributed by atoms with Gasteiger partial charge in [0.2, 0.25) is 0 Å². The Bertz CT molecular complexity index is 279. The van der Waals surface area contributed by atoms with Crippen molar-refractivity contribution in [2.24, 2.45) is 0 Å². The molecule has 0 amide bonds. The maximum atomic E-state index is 10.4. The highest BCUT2D eigenvalue weighted by Crippen LogP contribution is 2.35. The van der Waals surface area contributed by atoms with Gasteiger partial charge in [0.05, 0.1) is 12.7 Å². The molecule has 0 saturated carbocycles. The first-order valence-electron chi connectivity index (χ1n) is 10.2. The first kappa shape index (κ1) is 30.7. The van der Waals surface area contributed by atoms with Crippen LogP contribution < -0.4 is 0 Å². The number of hydrogen-bond acceptors (Lipinski definition) is 4. The molecule has 6 nitrogen and oxygen atoms in total. The SMILES string of the molecule is CCC(C)O.CCCCCCCCCCCCOP(=O)(O)O.CCCO. The molecule has 0 aliphatic heterocycles. The molecule has 7 heteroatoms. The molecule has 0 aliphatic rings. The standard InChI is InChI=1S/C12H27O4P.C4H10O.C3H8O/c1-2-3-4-5-6-7-8-9-10-11-12-16-17(13,14)15;1-3-4(2)5;1-2-3-4/h2-12H2,1H3,(H2,13,14,15);4-5H,3H2,1-2H3;4H,2-3H2,1H3. The zero-order valence-corrected chi connectivity index (χ0v) is 18.4. The molecule has 4 N–H and O–H groups in total. The normalized spacial score (nSPS) is 11.8. The Labute approximate surface area is 161 Å². The third-order valence-corrected chi connectivity index (χ3v) is 4.09. The van der Waals surface area contributed by atoms with Gasteiger partial charge in [-0.25, -0.2) is 4.57 Å². The van der Waals surface area contributed by atoms with Crippen LogP contribution in [-0.4, -0.2) is 39.3 Å². The Kier molecular flexibility index (Phi) is 29.6. The Balaban J connectivity index is -0.000000484. The molecule has 26 heavy (non-hydrogen) atoms. The minimum absolute atomic E-state index is 0.116. The van der Waals surface area contributed by atoms with Gasteiger partial charge in [-0.2, -0.15) is 0 Å². The molecule has 0 aromatic carbocycles. The van der Waals surface area contributed by atoms with Gasteiger partial charge < -0.3 is 20.0 Å². The van der Waals surface area contributed by atoms with Crippen LogP contribution in [0.1, 0.15) is 105 Å². The van der Waals surface area contributed by atoms with Crippen LogP contribution in [0, 0.1) is 0 Å². The highest BCUT2D eigenvalue weighted by molar-refractivity contribution is 7.46. The summed E-state index contributed by atoms with van der Waals surface area (Å²) in [6.45, 7) is 8.37. The second-order valence-electron chi connectivity index (χ2n) is 6.49. The quantitative estimate of drug-likeness (QED) is 0.236. The van der Waals surface area contributed by atoms with Crippen molar-refractivity contribution >= 4 is 7.82 Å². The summed E-state index contributed by atoms with van der Waals surface area (Å²) >= 11 is 0. The lowest BCUT2D eigenvalue weighted by Crippen LogP contribution is -1.93. The van der Waals surface area contributed by atoms with E-state index in [0.717, 1.165) is 32.1 Å². The van der Waals surface area contributed by atoms with Crippen molar-refractivity contribution in [2.75, 3.05) is 13.2 Å². The maximum absolute atomic E-state index is 10.4. The average Bonchev–Trinajstić information content (AvgIpc) is 2.59. The molecule has 1 unspecified atom stereocenters. The van der Waals surface area contributed by atoms with Crippen molar-refractivity contribution in [3.63, 3.8) is 0 Å². The fourth-order valence-electron chi connectivity index (χ4n) is 1.77. The second kappa shape index (κ2) is 25.0. The minimum Gasteiger partial charge on any atom is -0.396 e. The number of unbranched alkanes of at least 4 members (excludes halogenated alkanes) is 9. The molecule has 0 heterocycles. The number of phosphoric acid groups is 1. The van der Waals surface area contributed by atoms with E-state index in [1.54, 1.807) is 6.92 Å². The van der Waals surface area contributed by atoms with E-state index in [2.05, 4.69) is 11.4 Å². The molecule has 162 valence electrons. The van der Waals surface area contributed by atoms with E-state index in [-0.39, 0.29) is 12.7 Å². The van der Waals surface area contributed by atoms with Crippen molar-refractivity contribution in [1.82, 2.24) is 0 Å². The molecule has 0 radical (unpaired) electrons. The number of hydrogen-bond donors (Lipinski definition) is 4. The van der Waals surface area contributed by atoms with Crippen LogP contribution in [0.15, 0.2) is 0 Å². The Morgan fingerprint density at radius 3 is 1.42 bits per heavy atom. The maximum Gasteiger partial charge on any atom is 0.469 e. The van der Waals surface area contributed by atoms with E-state index in [9.17, 15) is 4.57 Å². The molecule has 1 atom stereocenters. The van der Waals surface area contributed by atoms with E-state index in [1.165, 1.54) is 44.9 Å².